The summed E-state index contributed by atoms with van der Waals surface area (Å²) < 4.78 is 0. The van der Waals surface area contributed by atoms with Gasteiger partial charge in [0.2, 0.25) is 0 Å². The van der Waals surface area contributed by atoms with Crippen LogP contribution in [0.15, 0.2) is 12.4 Å². The molecule has 1 saturated carbocycles. The molecule has 2 rings (SSSR count). The number of rotatable bonds is 3. The first-order chi connectivity index (χ1) is 7.79. The first-order valence-corrected chi connectivity index (χ1v) is 5.73. The van der Waals surface area contributed by atoms with Gasteiger partial charge in [-0.2, -0.15) is 5.26 Å². The summed E-state index contributed by atoms with van der Waals surface area (Å²) in [6.45, 7) is 1.04. The van der Waals surface area contributed by atoms with Crippen molar-refractivity contribution in [1.82, 2.24) is 9.97 Å². The van der Waals surface area contributed by atoms with Gasteiger partial charge >= 0.3 is 0 Å². The van der Waals surface area contributed by atoms with Crippen LogP contribution in [0.3, 0.4) is 0 Å². The summed E-state index contributed by atoms with van der Waals surface area (Å²) in [5.41, 5.74) is 0.373. The molecule has 0 spiro atoms. The van der Waals surface area contributed by atoms with Crippen molar-refractivity contribution in [3.8, 4) is 6.07 Å². The number of hydrogen-bond donors (Lipinski definition) is 0. The molecule has 1 aliphatic rings. The maximum atomic E-state index is 8.63. The molecule has 1 aromatic heterocycles. The second-order valence-corrected chi connectivity index (χ2v) is 4.40. The molecule has 0 unspecified atom stereocenters. The predicted molar refractivity (Wildman–Crippen MR) is 62.0 cm³/mol. The lowest BCUT2D eigenvalue weighted by molar-refractivity contribution is 0.544. The van der Waals surface area contributed by atoms with Crippen LogP contribution in [-0.4, -0.2) is 23.6 Å². The molecular formula is C12H16N4. The van der Waals surface area contributed by atoms with Gasteiger partial charge in [-0.3, -0.25) is 0 Å². The Kier molecular flexibility index (Phi) is 3.35. The van der Waals surface area contributed by atoms with Crippen LogP contribution in [0.1, 0.15) is 31.4 Å². The van der Waals surface area contributed by atoms with Gasteiger partial charge in [0.15, 0.2) is 5.69 Å². The van der Waals surface area contributed by atoms with E-state index in [0.29, 0.717) is 5.69 Å². The summed E-state index contributed by atoms with van der Waals surface area (Å²) in [7, 11) is 2.04. The highest BCUT2D eigenvalue weighted by Crippen LogP contribution is 2.26. The van der Waals surface area contributed by atoms with Crippen molar-refractivity contribution in [3.63, 3.8) is 0 Å². The third-order valence-corrected chi connectivity index (χ3v) is 3.15. The second-order valence-electron chi connectivity index (χ2n) is 4.40. The van der Waals surface area contributed by atoms with E-state index in [1.54, 1.807) is 6.20 Å². The molecule has 1 aliphatic carbocycles. The van der Waals surface area contributed by atoms with Gasteiger partial charge in [-0.1, -0.05) is 12.8 Å². The number of nitrogens with zero attached hydrogens (tertiary/aromatic N) is 4. The van der Waals surface area contributed by atoms with Crippen LogP contribution < -0.4 is 4.90 Å². The molecular weight excluding hydrogens is 200 g/mol. The van der Waals surface area contributed by atoms with Gasteiger partial charge in [0.1, 0.15) is 11.9 Å². The molecule has 1 fully saturated rings. The lowest BCUT2D eigenvalue weighted by Crippen LogP contribution is -2.24. The average Bonchev–Trinajstić information content (AvgIpc) is 2.82. The van der Waals surface area contributed by atoms with Crippen molar-refractivity contribution in [2.24, 2.45) is 5.92 Å². The highest BCUT2D eigenvalue weighted by Gasteiger charge is 2.17. The van der Waals surface area contributed by atoms with E-state index in [1.807, 2.05) is 13.1 Å². The van der Waals surface area contributed by atoms with Gasteiger partial charge < -0.3 is 4.90 Å². The van der Waals surface area contributed by atoms with E-state index >= 15 is 0 Å². The first kappa shape index (κ1) is 10.9. The number of aromatic nitrogens is 2. The fraction of sp³-hybridized carbons (Fsp3) is 0.583. The molecule has 0 radical (unpaired) electrons. The molecule has 0 aromatic carbocycles. The van der Waals surface area contributed by atoms with Crippen LogP contribution in [-0.2, 0) is 0 Å². The van der Waals surface area contributed by atoms with Gasteiger partial charge in [-0.15, -0.1) is 0 Å². The summed E-state index contributed by atoms with van der Waals surface area (Å²) in [5, 5.41) is 8.63. The van der Waals surface area contributed by atoms with Gasteiger partial charge in [0.25, 0.3) is 0 Å². The summed E-state index contributed by atoms with van der Waals surface area (Å²) in [6, 6.07) is 1.97. The van der Waals surface area contributed by atoms with Crippen molar-refractivity contribution < 1.29 is 0 Å². The van der Waals surface area contributed by atoms with Gasteiger partial charge in [0.05, 0.1) is 12.4 Å². The number of anilines is 1. The molecule has 84 valence electrons. The van der Waals surface area contributed by atoms with E-state index in [9.17, 15) is 0 Å². The van der Waals surface area contributed by atoms with Crippen molar-refractivity contribution in [2.45, 2.75) is 25.7 Å². The Hall–Kier alpha value is -1.63. The standard InChI is InChI=1S/C12H16N4/c1-16(9-10-4-2-3-5-10)12-8-14-11(6-13)7-15-12/h7-8,10H,2-5,9H2,1H3. The molecule has 0 bridgehead atoms. The fourth-order valence-electron chi connectivity index (χ4n) is 2.25. The molecule has 1 heterocycles. The fourth-order valence-corrected chi connectivity index (χ4v) is 2.25. The Bertz CT molecular complexity index is 373. The van der Waals surface area contributed by atoms with Crippen molar-refractivity contribution in [3.05, 3.63) is 18.1 Å². The van der Waals surface area contributed by atoms with Crippen molar-refractivity contribution in [2.75, 3.05) is 18.5 Å². The number of nitriles is 1. The van der Waals surface area contributed by atoms with E-state index in [4.69, 9.17) is 5.26 Å². The lowest BCUT2D eigenvalue weighted by atomic mass is 10.1. The molecule has 0 amide bonds. The van der Waals surface area contributed by atoms with E-state index in [0.717, 1.165) is 18.3 Å². The Labute approximate surface area is 95.9 Å². The van der Waals surface area contributed by atoms with Crippen LogP contribution >= 0.6 is 0 Å². The summed E-state index contributed by atoms with van der Waals surface area (Å²) >= 11 is 0. The predicted octanol–water partition coefficient (Wildman–Crippen LogP) is 1.97. The molecule has 1 aromatic rings. The van der Waals surface area contributed by atoms with Crippen LogP contribution in [0.4, 0.5) is 5.82 Å². The van der Waals surface area contributed by atoms with Gasteiger partial charge in [-0.05, 0) is 18.8 Å². The largest absolute Gasteiger partial charge is 0.358 e. The van der Waals surface area contributed by atoms with E-state index in [1.165, 1.54) is 31.9 Å². The maximum absolute atomic E-state index is 8.63. The lowest BCUT2D eigenvalue weighted by Gasteiger charge is -2.21. The third kappa shape index (κ3) is 2.48. The van der Waals surface area contributed by atoms with Crippen LogP contribution in [0, 0.1) is 17.2 Å². The van der Waals surface area contributed by atoms with Crippen LogP contribution in [0.5, 0.6) is 0 Å². The molecule has 0 aliphatic heterocycles. The highest BCUT2D eigenvalue weighted by molar-refractivity contribution is 5.36. The SMILES string of the molecule is CN(CC1CCCC1)c1cnc(C#N)cn1. The van der Waals surface area contributed by atoms with Crippen molar-refractivity contribution in [1.29, 1.82) is 5.26 Å². The maximum Gasteiger partial charge on any atom is 0.158 e. The number of hydrogen-bond acceptors (Lipinski definition) is 4. The third-order valence-electron chi connectivity index (χ3n) is 3.15. The summed E-state index contributed by atoms with van der Waals surface area (Å²) in [4.78, 5) is 10.4. The highest BCUT2D eigenvalue weighted by atomic mass is 15.2. The van der Waals surface area contributed by atoms with Crippen LogP contribution in [0.25, 0.3) is 0 Å². The molecule has 4 heteroatoms. The van der Waals surface area contributed by atoms with E-state index < -0.39 is 0 Å². The zero-order valence-corrected chi connectivity index (χ0v) is 9.56. The quantitative estimate of drug-likeness (QED) is 0.775. The van der Waals surface area contributed by atoms with E-state index in [-0.39, 0.29) is 0 Å². The molecule has 16 heavy (non-hydrogen) atoms. The Morgan fingerprint density at radius 3 is 2.69 bits per heavy atom. The minimum absolute atomic E-state index is 0.373. The zero-order valence-electron chi connectivity index (χ0n) is 9.56. The molecule has 0 atom stereocenters. The zero-order chi connectivity index (χ0) is 11.4. The van der Waals surface area contributed by atoms with Crippen molar-refractivity contribution >= 4 is 5.82 Å². The van der Waals surface area contributed by atoms with Crippen LogP contribution in [0.2, 0.25) is 0 Å². The Balaban J connectivity index is 1.97. The second kappa shape index (κ2) is 4.93. The average molecular weight is 216 g/mol. The summed E-state index contributed by atoms with van der Waals surface area (Å²) in [6.07, 6.45) is 8.57. The Morgan fingerprint density at radius 2 is 2.12 bits per heavy atom. The Morgan fingerprint density at radius 1 is 1.38 bits per heavy atom. The van der Waals surface area contributed by atoms with E-state index in [2.05, 4.69) is 14.9 Å². The summed E-state index contributed by atoms with van der Waals surface area (Å²) in [5.74, 6) is 1.65. The molecule has 0 N–H and O–H groups in total. The minimum Gasteiger partial charge on any atom is -0.358 e. The topological polar surface area (TPSA) is 52.8 Å². The van der Waals surface area contributed by atoms with Gasteiger partial charge in [0, 0.05) is 13.6 Å². The smallest absolute Gasteiger partial charge is 0.158 e. The molecule has 0 saturated heterocycles. The first-order valence-electron chi connectivity index (χ1n) is 5.73. The monoisotopic (exact) mass is 216 g/mol. The minimum atomic E-state index is 0.373. The van der Waals surface area contributed by atoms with Gasteiger partial charge in [-0.25, -0.2) is 9.97 Å². The normalized spacial score (nSPS) is 16.0. The molecule has 4 nitrogen and oxygen atoms in total.